The summed E-state index contributed by atoms with van der Waals surface area (Å²) in [5, 5.41) is 3.85. The molecule has 0 saturated heterocycles. The first kappa shape index (κ1) is 16.1. The fourth-order valence-electron chi connectivity index (χ4n) is 3.79. The number of hydrogen-bond donors (Lipinski definition) is 1. The molecule has 1 aliphatic heterocycles. The molecule has 2 aromatic carbocycles. The van der Waals surface area contributed by atoms with Crippen molar-refractivity contribution in [2.24, 2.45) is 5.41 Å². The van der Waals surface area contributed by atoms with Gasteiger partial charge in [0.05, 0.1) is 0 Å². The summed E-state index contributed by atoms with van der Waals surface area (Å²) in [6.07, 6.45) is 1.37. The molecule has 0 radical (unpaired) electrons. The van der Waals surface area contributed by atoms with Crippen molar-refractivity contribution in [3.63, 3.8) is 0 Å². The van der Waals surface area contributed by atoms with E-state index in [1.807, 2.05) is 0 Å². The van der Waals surface area contributed by atoms with Crippen molar-refractivity contribution in [1.29, 1.82) is 0 Å². The molecule has 0 aromatic heterocycles. The largest absolute Gasteiger partial charge is 0.355 e. The van der Waals surface area contributed by atoms with Crippen LogP contribution in [0.15, 0.2) is 48.5 Å². The van der Waals surface area contributed by atoms with Crippen LogP contribution in [0.4, 0.5) is 5.69 Å². The van der Waals surface area contributed by atoms with Crippen LogP contribution in [0.2, 0.25) is 0 Å². The van der Waals surface area contributed by atoms with Gasteiger partial charge in [0, 0.05) is 24.3 Å². The number of nitrogens with one attached hydrogen (secondary N) is 1. The average molecular weight is 308 g/mol. The van der Waals surface area contributed by atoms with Crippen molar-refractivity contribution in [3.8, 4) is 11.1 Å². The third kappa shape index (κ3) is 3.28. The first-order valence-corrected chi connectivity index (χ1v) is 8.54. The maximum atomic E-state index is 3.85. The summed E-state index contributed by atoms with van der Waals surface area (Å²) in [5.74, 6) is 0. The Morgan fingerprint density at radius 1 is 1.00 bits per heavy atom. The number of rotatable bonds is 3. The van der Waals surface area contributed by atoms with E-state index < -0.39 is 0 Å². The van der Waals surface area contributed by atoms with Crippen LogP contribution in [0.25, 0.3) is 11.1 Å². The predicted molar refractivity (Wildman–Crippen MR) is 99.7 cm³/mol. The summed E-state index contributed by atoms with van der Waals surface area (Å²) in [6, 6.07) is 17.9. The number of anilines is 1. The van der Waals surface area contributed by atoms with Gasteiger partial charge in [-0.1, -0.05) is 63.2 Å². The summed E-state index contributed by atoms with van der Waals surface area (Å²) < 4.78 is 0. The van der Waals surface area contributed by atoms with Crippen LogP contribution in [0.5, 0.6) is 0 Å². The highest BCUT2D eigenvalue weighted by atomic mass is 15.3. The maximum absolute atomic E-state index is 3.85. The molecule has 2 atom stereocenters. The highest BCUT2D eigenvalue weighted by Gasteiger charge is 2.29. The molecule has 0 bridgehead atoms. The Labute approximate surface area is 140 Å². The smallest absolute Gasteiger partial charge is 0.106 e. The lowest BCUT2D eigenvalue weighted by molar-refractivity contribution is 0.301. The van der Waals surface area contributed by atoms with Gasteiger partial charge in [-0.3, -0.25) is 5.32 Å². The number of hydrogen-bond acceptors (Lipinski definition) is 2. The van der Waals surface area contributed by atoms with E-state index in [1.165, 1.54) is 22.4 Å². The Morgan fingerprint density at radius 3 is 2.30 bits per heavy atom. The minimum atomic E-state index is 0.221. The molecular weight excluding hydrogens is 280 g/mol. The van der Waals surface area contributed by atoms with Gasteiger partial charge in [0.25, 0.3) is 0 Å². The van der Waals surface area contributed by atoms with E-state index in [-0.39, 0.29) is 6.17 Å². The fraction of sp³-hybridized carbons (Fsp3) is 0.429. The maximum Gasteiger partial charge on any atom is 0.106 e. The molecule has 2 aromatic rings. The van der Waals surface area contributed by atoms with Gasteiger partial charge in [0.1, 0.15) is 6.17 Å². The van der Waals surface area contributed by atoms with E-state index in [2.05, 4.69) is 93.5 Å². The van der Waals surface area contributed by atoms with Crippen LogP contribution in [0.3, 0.4) is 0 Å². The van der Waals surface area contributed by atoms with Crippen LogP contribution in [-0.4, -0.2) is 13.1 Å². The monoisotopic (exact) mass is 308 g/mol. The number of nitrogens with zero attached hydrogens (tertiary/aromatic N) is 1. The van der Waals surface area contributed by atoms with E-state index >= 15 is 0 Å². The van der Waals surface area contributed by atoms with E-state index in [0.29, 0.717) is 11.5 Å². The minimum absolute atomic E-state index is 0.221. The van der Waals surface area contributed by atoms with Crippen LogP contribution in [0.1, 0.15) is 45.8 Å². The molecular formula is C21H28N2. The van der Waals surface area contributed by atoms with Gasteiger partial charge in [-0.25, -0.2) is 0 Å². The second kappa shape index (κ2) is 6.01. The zero-order valence-electron chi connectivity index (χ0n) is 14.9. The fourth-order valence-corrected chi connectivity index (χ4v) is 3.79. The van der Waals surface area contributed by atoms with E-state index in [4.69, 9.17) is 0 Å². The van der Waals surface area contributed by atoms with Gasteiger partial charge >= 0.3 is 0 Å². The van der Waals surface area contributed by atoms with Crippen molar-refractivity contribution in [3.05, 3.63) is 54.1 Å². The van der Waals surface area contributed by atoms with Crippen molar-refractivity contribution >= 4 is 5.69 Å². The van der Waals surface area contributed by atoms with Crippen LogP contribution >= 0.6 is 0 Å². The van der Waals surface area contributed by atoms with Gasteiger partial charge < -0.3 is 4.90 Å². The van der Waals surface area contributed by atoms with Crippen molar-refractivity contribution in [2.45, 2.75) is 46.3 Å². The second-order valence-electron chi connectivity index (χ2n) is 7.95. The summed E-state index contributed by atoms with van der Waals surface area (Å²) in [7, 11) is 2.19. The number of benzene rings is 2. The Morgan fingerprint density at radius 2 is 1.61 bits per heavy atom. The third-order valence-electron chi connectivity index (χ3n) is 4.58. The molecule has 1 N–H and O–H groups in total. The lowest BCUT2D eigenvalue weighted by atomic mass is 9.87. The normalized spacial score (nSPS) is 18.3. The predicted octanol–water partition coefficient (Wildman–Crippen LogP) is 5.22. The van der Waals surface area contributed by atoms with E-state index in [0.717, 1.165) is 6.42 Å². The van der Waals surface area contributed by atoms with E-state index in [9.17, 15) is 0 Å². The lowest BCUT2D eigenvalue weighted by Crippen LogP contribution is -2.43. The minimum Gasteiger partial charge on any atom is -0.355 e. The highest BCUT2D eigenvalue weighted by molar-refractivity contribution is 5.84. The Kier molecular flexibility index (Phi) is 4.20. The first-order chi connectivity index (χ1) is 10.9. The molecule has 0 saturated carbocycles. The average Bonchev–Trinajstić information content (AvgIpc) is 2.50. The topological polar surface area (TPSA) is 15.3 Å². The van der Waals surface area contributed by atoms with Crippen molar-refractivity contribution < 1.29 is 0 Å². The molecule has 2 nitrogen and oxygen atoms in total. The van der Waals surface area contributed by atoms with Gasteiger partial charge in [-0.2, -0.15) is 0 Å². The molecule has 23 heavy (non-hydrogen) atoms. The Balaban J connectivity index is 1.96. The highest BCUT2D eigenvalue weighted by Crippen LogP contribution is 2.42. The van der Waals surface area contributed by atoms with E-state index in [1.54, 1.807) is 0 Å². The first-order valence-electron chi connectivity index (χ1n) is 8.54. The summed E-state index contributed by atoms with van der Waals surface area (Å²) >= 11 is 0. The van der Waals surface area contributed by atoms with Crippen LogP contribution < -0.4 is 10.2 Å². The third-order valence-corrected chi connectivity index (χ3v) is 4.58. The summed E-state index contributed by atoms with van der Waals surface area (Å²) in [4.78, 5) is 2.37. The number of para-hydroxylation sites is 1. The molecule has 1 heterocycles. The van der Waals surface area contributed by atoms with Gasteiger partial charge in [-0.05, 0) is 36.0 Å². The Bertz CT molecular complexity index is 684. The zero-order valence-corrected chi connectivity index (χ0v) is 14.9. The molecule has 1 aliphatic rings. The van der Waals surface area contributed by atoms with Crippen LogP contribution in [-0.2, 0) is 0 Å². The zero-order chi connectivity index (χ0) is 16.6. The standard InChI is InChI=1S/C21H28N2/c1-15(14-21(2,3)4)22-20-18-12-7-6-10-16(18)17-11-8-9-13-19(17)23(20)5/h6-13,15,20,22H,14H2,1-5H3/t15-,20?/m1/s1. The molecule has 0 amide bonds. The SMILES string of the molecule is C[C@H](CC(C)(C)C)NC1c2ccccc2-c2ccccc2N1C. The van der Waals surface area contributed by atoms with Gasteiger partial charge in [-0.15, -0.1) is 0 Å². The number of fused-ring (bicyclic) bond motifs is 3. The second-order valence-corrected chi connectivity index (χ2v) is 7.95. The van der Waals surface area contributed by atoms with Crippen molar-refractivity contribution in [2.75, 3.05) is 11.9 Å². The molecule has 0 spiro atoms. The van der Waals surface area contributed by atoms with Crippen LogP contribution in [0, 0.1) is 5.41 Å². The quantitative estimate of drug-likeness (QED) is 0.836. The lowest BCUT2D eigenvalue weighted by Gasteiger charge is -2.40. The molecule has 2 heteroatoms. The molecule has 122 valence electrons. The molecule has 1 unspecified atom stereocenters. The molecule has 0 fully saturated rings. The molecule has 3 rings (SSSR count). The summed E-state index contributed by atoms with van der Waals surface area (Å²) in [5.41, 5.74) is 5.67. The van der Waals surface area contributed by atoms with Crippen molar-refractivity contribution in [1.82, 2.24) is 5.32 Å². The summed E-state index contributed by atoms with van der Waals surface area (Å²) in [6.45, 7) is 9.21. The molecule has 0 aliphatic carbocycles. The van der Waals surface area contributed by atoms with Gasteiger partial charge in [0.2, 0.25) is 0 Å². The van der Waals surface area contributed by atoms with Gasteiger partial charge in [0.15, 0.2) is 0 Å². The Hall–Kier alpha value is -1.80.